The lowest BCUT2D eigenvalue weighted by Crippen LogP contribution is -2.23. The van der Waals surface area contributed by atoms with Crippen LogP contribution in [0.4, 0.5) is 0 Å². The Hall–Kier alpha value is -2.02. The Morgan fingerprint density at radius 3 is 2.79 bits per heavy atom. The monoisotopic (exact) mass is 340 g/mol. The molecule has 0 radical (unpaired) electrons. The molecule has 0 spiro atoms. The maximum Gasteiger partial charge on any atom is 0.241 e. The van der Waals surface area contributed by atoms with Gasteiger partial charge in [0.2, 0.25) is 11.7 Å². The molecule has 1 aliphatic heterocycles. The molecule has 0 amide bonds. The molecule has 1 saturated heterocycles. The lowest BCUT2D eigenvalue weighted by Gasteiger charge is -2.16. The van der Waals surface area contributed by atoms with E-state index in [-0.39, 0.29) is 0 Å². The van der Waals surface area contributed by atoms with Gasteiger partial charge < -0.3 is 10.3 Å². The Labute approximate surface area is 145 Å². The summed E-state index contributed by atoms with van der Waals surface area (Å²) in [4.78, 5) is 7.92. The van der Waals surface area contributed by atoms with Crippen LogP contribution >= 0.6 is 11.3 Å². The summed E-state index contributed by atoms with van der Waals surface area (Å²) in [6.07, 6.45) is 0. The molecule has 2 N–H and O–H groups in total. The number of hydrogen-bond donors (Lipinski definition) is 1. The quantitative estimate of drug-likeness (QED) is 0.773. The topological polar surface area (TPSA) is 68.2 Å². The number of benzene rings is 1. The molecule has 1 aliphatic rings. The highest BCUT2D eigenvalue weighted by Gasteiger charge is 2.33. The highest BCUT2D eigenvalue weighted by molar-refractivity contribution is 7.13. The van der Waals surface area contributed by atoms with E-state index in [9.17, 15) is 0 Å². The van der Waals surface area contributed by atoms with E-state index in [4.69, 9.17) is 10.3 Å². The molecule has 1 aromatic carbocycles. The minimum Gasteiger partial charge on any atom is -0.338 e. The molecule has 2 atom stereocenters. The van der Waals surface area contributed by atoms with Gasteiger partial charge in [0, 0.05) is 19.0 Å². The van der Waals surface area contributed by atoms with Gasteiger partial charge in [-0.2, -0.15) is 4.98 Å². The third-order valence-corrected chi connectivity index (χ3v) is 5.48. The zero-order valence-corrected chi connectivity index (χ0v) is 14.2. The molecule has 1 fully saturated rings. The lowest BCUT2D eigenvalue weighted by atomic mass is 9.89. The van der Waals surface area contributed by atoms with Crippen LogP contribution in [0.3, 0.4) is 0 Å². The van der Waals surface area contributed by atoms with Gasteiger partial charge >= 0.3 is 0 Å². The Morgan fingerprint density at radius 1 is 1.17 bits per heavy atom. The smallest absolute Gasteiger partial charge is 0.241 e. The predicted octanol–water partition coefficient (Wildman–Crippen LogP) is 2.97. The van der Waals surface area contributed by atoms with E-state index in [1.54, 1.807) is 11.3 Å². The second-order valence-electron chi connectivity index (χ2n) is 6.20. The van der Waals surface area contributed by atoms with E-state index in [1.807, 2.05) is 17.5 Å². The van der Waals surface area contributed by atoms with Gasteiger partial charge in [-0.3, -0.25) is 4.90 Å². The molecular formula is C18H20N4OS. The van der Waals surface area contributed by atoms with E-state index in [2.05, 4.69) is 45.4 Å². The van der Waals surface area contributed by atoms with E-state index < -0.39 is 0 Å². The normalized spacial score (nSPS) is 21.4. The second-order valence-corrected chi connectivity index (χ2v) is 7.14. The molecular weight excluding hydrogens is 320 g/mol. The van der Waals surface area contributed by atoms with Crippen LogP contribution in [0.25, 0.3) is 10.7 Å². The fourth-order valence-corrected chi connectivity index (χ4v) is 4.07. The van der Waals surface area contributed by atoms with Crippen LogP contribution < -0.4 is 5.73 Å². The van der Waals surface area contributed by atoms with Crippen LogP contribution in [0.1, 0.15) is 17.4 Å². The first kappa shape index (κ1) is 15.5. The summed E-state index contributed by atoms with van der Waals surface area (Å²) >= 11 is 1.62. The maximum atomic E-state index is 6.01. The van der Waals surface area contributed by atoms with E-state index in [1.165, 1.54) is 5.56 Å². The van der Waals surface area contributed by atoms with Crippen LogP contribution in [0.2, 0.25) is 0 Å². The molecule has 6 heteroatoms. The van der Waals surface area contributed by atoms with E-state index >= 15 is 0 Å². The summed E-state index contributed by atoms with van der Waals surface area (Å²) in [5.74, 6) is 2.28. The lowest BCUT2D eigenvalue weighted by molar-refractivity contribution is 0.260. The van der Waals surface area contributed by atoms with Crippen molar-refractivity contribution < 1.29 is 4.52 Å². The van der Waals surface area contributed by atoms with Gasteiger partial charge in [-0.15, -0.1) is 11.3 Å². The minimum atomic E-state index is 0.465. The molecule has 3 aromatic rings. The minimum absolute atomic E-state index is 0.465. The summed E-state index contributed by atoms with van der Waals surface area (Å²) in [5, 5.41) is 6.11. The summed E-state index contributed by atoms with van der Waals surface area (Å²) in [6, 6.07) is 14.6. The molecule has 124 valence electrons. The number of thiophene rings is 1. The van der Waals surface area contributed by atoms with Crippen molar-refractivity contribution in [2.45, 2.75) is 12.5 Å². The molecule has 3 heterocycles. The predicted molar refractivity (Wildman–Crippen MR) is 94.6 cm³/mol. The largest absolute Gasteiger partial charge is 0.338 e. The van der Waals surface area contributed by atoms with Crippen LogP contribution in [-0.4, -0.2) is 34.7 Å². The molecule has 2 aromatic heterocycles. The first-order valence-corrected chi connectivity index (χ1v) is 9.05. The standard InChI is InChI=1S/C18H20N4OS/c19-9-14-10-22(11-15(14)13-5-2-1-3-6-13)12-17-20-18(21-23-17)16-7-4-8-24-16/h1-8,14-15H,9-12,19H2/t14-,15+/m1/s1. The number of likely N-dealkylation sites (tertiary alicyclic amines) is 1. The summed E-state index contributed by atoms with van der Waals surface area (Å²) in [7, 11) is 0. The van der Waals surface area contributed by atoms with Crippen molar-refractivity contribution in [3.8, 4) is 10.7 Å². The number of rotatable bonds is 5. The van der Waals surface area contributed by atoms with Crippen molar-refractivity contribution in [2.24, 2.45) is 11.7 Å². The molecule has 0 bridgehead atoms. The van der Waals surface area contributed by atoms with Gasteiger partial charge in [-0.25, -0.2) is 0 Å². The van der Waals surface area contributed by atoms with Crippen molar-refractivity contribution in [3.05, 3.63) is 59.3 Å². The van der Waals surface area contributed by atoms with Crippen molar-refractivity contribution in [2.75, 3.05) is 19.6 Å². The van der Waals surface area contributed by atoms with E-state index in [0.29, 0.717) is 36.6 Å². The SMILES string of the molecule is NC[C@@H]1CN(Cc2nc(-c3cccs3)no2)C[C@H]1c1ccccc1. The van der Waals surface area contributed by atoms with Gasteiger partial charge in [0.1, 0.15) is 0 Å². The maximum absolute atomic E-state index is 6.01. The van der Waals surface area contributed by atoms with Gasteiger partial charge in [-0.1, -0.05) is 41.6 Å². The Balaban J connectivity index is 1.46. The molecule has 0 saturated carbocycles. The zero-order chi connectivity index (χ0) is 16.4. The fraction of sp³-hybridized carbons (Fsp3) is 0.333. The molecule has 24 heavy (non-hydrogen) atoms. The van der Waals surface area contributed by atoms with E-state index in [0.717, 1.165) is 18.0 Å². The van der Waals surface area contributed by atoms with Crippen molar-refractivity contribution in [1.82, 2.24) is 15.0 Å². The highest BCUT2D eigenvalue weighted by atomic mass is 32.1. The molecule has 0 aliphatic carbocycles. The average Bonchev–Trinajstić information content (AvgIpc) is 3.36. The van der Waals surface area contributed by atoms with Gasteiger partial charge in [0.05, 0.1) is 11.4 Å². The first-order chi connectivity index (χ1) is 11.8. The summed E-state index contributed by atoms with van der Waals surface area (Å²) < 4.78 is 5.43. The van der Waals surface area contributed by atoms with Crippen LogP contribution in [0.5, 0.6) is 0 Å². The van der Waals surface area contributed by atoms with Crippen LogP contribution in [-0.2, 0) is 6.54 Å². The first-order valence-electron chi connectivity index (χ1n) is 8.17. The van der Waals surface area contributed by atoms with Gasteiger partial charge in [0.15, 0.2) is 0 Å². The third kappa shape index (κ3) is 3.13. The number of nitrogens with two attached hydrogens (primary N) is 1. The van der Waals surface area contributed by atoms with Gasteiger partial charge in [0.25, 0.3) is 0 Å². The average molecular weight is 340 g/mol. The third-order valence-electron chi connectivity index (χ3n) is 4.62. The van der Waals surface area contributed by atoms with Crippen molar-refractivity contribution in [3.63, 3.8) is 0 Å². The number of hydrogen-bond acceptors (Lipinski definition) is 6. The highest BCUT2D eigenvalue weighted by Crippen LogP contribution is 2.32. The fourth-order valence-electron chi connectivity index (χ4n) is 3.42. The summed E-state index contributed by atoms with van der Waals surface area (Å²) in [6.45, 7) is 3.31. The summed E-state index contributed by atoms with van der Waals surface area (Å²) in [5.41, 5.74) is 7.37. The van der Waals surface area contributed by atoms with Crippen molar-refractivity contribution >= 4 is 11.3 Å². The Morgan fingerprint density at radius 2 is 2.04 bits per heavy atom. The Kier molecular flexibility index (Phi) is 4.42. The van der Waals surface area contributed by atoms with Crippen molar-refractivity contribution in [1.29, 1.82) is 0 Å². The number of nitrogens with zero attached hydrogens (tertiary/aromatic N) is 3. The molecule has 5 nitrogen and oxygen atoms in total. The zero-order valence-electron chi connectivity index (χ0n) is 13.3. The second kappa shape index (κ2) is 6.84. The number of aromatic nitrogens is 2. The Bertz CT molecular complexity index is 771. The van der Waals surface area contributed by atoms with Crippen LogP contribution in [0, 0.1) is 5.92 Å². The molecule has 0 unspecified atom stereocenters. The molecule has 4 rings (SSSR count). The van der Waals surface area contributed by atoms with Gasteiger partial charge in [-0.05, 0) is 29.5 Å². The van der Waals surface area contributed by atoms with Crippen LogP contribution in [0.15, 0.2) is 52.4 Å².